The lowest BCUT2D eigenvalue weighted by Crippen LogP contribution is -2.76. The highest BCUT2D eigenvalue weighted by Gasteiger charge is 2.75. The summed E-state index contributed by atoms with van der Waals surface area (Å²) in [5.74, 6) is 0.0269. The zero-order chi connectivity index (χ0) is 39.1. The van der Waals surface area contributed by atoms with Gasteiger partial charge in [-0.1, -0.05) is 39.3 Å². The first kappa shape index (κ1) is 39.8. The normalized spacial score (nSPS) is 49.4. The van der Waals surface area contributed by atoms with E-state index in [1.807, 2.05) is 45.0 Å². The summed E-state index contributed by atoms with van der Waals surface area (Å²) in [6.45, 7) is 16.6. The summed E-state index contributed by atoms with van der Waals surface area (Å²) in [5.41, 5.74) is -0.439. The van der Waals surface area contributed by atoms with E-state index in [0.29, 0.717) is 55.0 Å². The Hall–Kier alpha value is -1.62. The molecule has 2 N–H and O–H groups in total. The molecule has 0 aromatic heterocycles. The number of guanidine groups is 1. The molecule has 2 saturated carbocycles. The Morgan fingerprint density at radius 3 is 2.23 bits per heavy atom. The first-order chi connectivity index (χ1) is 26.8. The van der Waals surface area contributed by atoms with Crippen LogP contribution in [0.5, 0.6) is 0 Å². The smallest absolute Gasteiger partial charge is 0.204 e. The highest BCUT2D eigenvalue weighted by molar-refractivity contribution is 6.30. The Morgan fingerprint density at radius 1 is 0.750 bits per heavy atom. The number of aliphatic imine (C=N–C) groups is 1. The molecule has 13 nitrogen and oxygen atoms in total. The van der Waals surface area contributed by atoms with E-state index >= 15 is 0 Å². The predicted molar refractivity (Wildman–Crippen MR) is 206 cm³/mol. The van der Waals surface area contributed by atoms with Crippen molar-refractivity contribution in [2.75, 3.05) is 31.6 Å². The maximum atomic E-state index is 6.80. The number of rotatable bonds is 9. The van der Waals surface area contributed by atoms with Gasteiger partial charge in [0.15, 0.2) is 36.0 Å². The molecule has 10 aliphatic rings. The van der Waals surface area contributed by atoms with E-state index < -0.39 is 47.4 Å². The Bertz CT molecular complexity index is 1620. The second kappa shape index (κ2) is 14.8. The van der Waals surface area contributed by atoms with Crippen molar-refractivity contribution in [2.45, 2.75) is 147 Å². The van der Waals surface area contributed by atoms with Crippen molar-refractivity contribution >= 4 is 23.2 Å². The summed E-state index contributed by atoms with van der Waals surface area (Å²) in [5, 5.41) is 7.52. The molecule has 56 heavy (non-hydrogen) atoms. The summed E-state index contributed by atoms with van der Waals surface area (Å²) in [6, 6.07) is 7.53. The number of nitrogens with one attached hydrogen (secondary N) is 2. The van der Waals surface area contributed by atoms with Crippen LogP contribution in [0.15, 0.2) is 29.3 Å². The van der Waals surface area contributed by atoms with Crippen LogP contribution in [-0.4, -0.2) is 79.7 Å². The third-order valence-electron chi connectivity index (χ3n) is 15.0. The molecule has 1 aromatic carbocycles. The predicted octanol–water partition coefficient (Wildman–Crippen LogP) is 7.54. The Balaban J connectivity index is 0.840. The topological polar surface area (TPSA) is 129 Å². The summed E-state index contributed by atoms with van der Waals surface area (Å²) >= 11 is 6.19. The van der Waals surface area contributed by atoms with E-state index in [4.69, 9.17) is 64.6 Å². The van der Waals surface area contributed by atoms with Gasteiger partial charge in [-0.25, -0.2) is 19.6 Å². The molecule has 0 amide bonds. The van der Waals surface area contributed by atoms with Crippen LogP contribution in [0.1, 0.15) is 99.8 Å². The van der Waals surface area contributed by atoms with Gasteiger partial charge < -0.3 is 39.1 Å². The third kappa shape index (κ3) is 6.54. The lowest BCUT2D eigenvalue weighted by molar-refractivity contribution is -0.605. The first-order valence-corrected chi connectivity index (χ1v) is 21.6. The van der Waals surface area contributed by atoms with Crippen molar-refractivity contribution in [3.63, 3.8) is 0 Å². The van der Waals surface area contributed by atoms with Crippen molar-refractivity contribution in [1.29, 1.82) is 0 Å². The van der Waals surface area contributed by atoms with Gasteiger partial charge in [-0.05, 0) is 107 Å². The SMILES string of the molecule is C[C@H]1[C@@H](OCCNC(=NCCO[C@@H]2O[C@]3(C)O[C@]4(C)CC[C@H]5[C@H](C)CC[C@@H]([C@H]2C)C53OO4)Nc2ccc(Cl)cc2)O[C@@H]2O[C@]3(C)CC[C@H]4[C@H](C)CC[C@@H]1C24OO3. The van der Waals surface area contributed by atoms with Crippen molar-refractivity contribution in [1.82, 2.24) is 5.32 Å². The molecule has 8 aliphatic heterocycles. The zero-order valence-corrected chi connectivity index (χ0v) is 34.8. The Labute approximate surface area is 336 Å². The molecular formula is C42H62ClN3O10. The molecule has 10 fully saturated rings. The number of anilines is 1. The molecule has 11 rings (SSSR count). The fourth-order valence-electron chi connectivity index (χ4n) is 12.1. The van der Waals surface area contributed by atoms with Gasteiger partial charge in [0.2, 0.25) is 17.4 Å². The molecule has 2 spiro atoms. The van der Waals surface area contributed by atoms with Crippen molar-refractivity contribution in [3.8, 4) is 0 Å². The molecule has 14 heteroatoms. The Morgan fingerprint density at radius 2 is 1.43 bits per heavy atom. The van der Waals surface area contributed by atoms with Crippen LogP contribution in [0.2, 0.25) is 5.02 Å². The molecule has 8 heterocycles. The van der Waals surface area contributed by atoms with E-state index in [0.717, 1.165) is 57.1 Å². The largest absolute Gasteiger partial charge is 0.354 e. The van der Waals surface area contributed by atoms with Gasteiger partial charge in [-0.3, -0.25) is 4.99 Å². The van der Waals surface area contributed by atoms with E-state index in [1.54, 1.807) is 0 Å². The highest BCUT2D eigenvalue weighted by atomic mass is 35.5. The summed E-state index contributed by atoms with van der Waals surface area (Å²) in [6.07, 6.45) is 6.35. The lowest BCUT2D eigenvalue weighted by atomic mass is 9.55. The number of hydrogen-bond donors (Lipinski definition) is 2. The monoisotopic (exact) mass is 803 g/mol. The molecule has 2 aliphatic carbocycles. The minimum Gasteiger partial charge on any atom is -0.354 e. The molecule has 4 bridgehead atoms. The van der Waals surface area contributed by atoms with Crippen molar-refractivity contribution < 1.29 is 48.0 Å². The van der Waals surface area contributed by atoms with Gasteiger partial charge in [-0.15, -0.1) is 0 Å². The van der Waals surface area contributed by atoms with E-state index in [-0.39, 0.29) is 29.6 Å². The zero-order valence-electron chi connectivity index (χ0n) is 34.1. The fourth-order valence-corrected chi connectivity index (χ4v) is 12.2. The van der Waals surface area contributed by atoms with Crippen LogP contribution in [0.25, 0.3) is 0 Å². The maximum Gasteiger partial charge on any atom is 0.204 e. The number of halogens is 1. The molecule has 0 radical (unpaired) electrons. The van der Waals surface area contributed by atoms with Crippen molar-refractivity contribution in [3.05, 3.63) is 29.3 Å². The van der Waals surface area contributed by atoms with E-state index in [1.165, 1.54) is 0 Å². The molecule has 2 unspecified atom stereocenters. The van der Waals surface area contributed by atoms with Crippen LogP contribution in [0.4, 0.5) is 5.69 Å². The van der Waals surface area contributed by atoms with Gasteiger partial charge in [0.25, 0.3) is 0 Å². The summed E-state index contributed by atoms with van der Waals surface area (Å²) in [4.78, 5) is 29.6. The minimum absolute atomic E-state index is 0.0707. The van der Waals surface area contributed by atoms with E-state index in [9.17, 15) is 0 Å². The van der Waals surface area contributed by atoms with Crippen LogP contribution in [0, 0.1) is 47.3 Å². The van der Waals surface area contributed by atoms with Crippen LogP contribution >= 0.6 is 11.6 Å². The standard InChI is InChI=1S/C42H62ClN3O10/c1-24-8-14-32-26(3)34(49-36-41(32)30(24)16-18-38(5,51-36)53-55-41)47-22-20-44-37(46-29-12-10-28(43)11-13-29)45-21-23-48-35-27(4)33-15-9-25(2)31-17-19-39(6)52-40(7,50-35)42(31,33)56-54-39/h10-13,24-27,30-36H,8-9,14-23H2,1-7H3,(H2,44,45,46)/t24-,25-,26-,27-,30+,31+,32+,33+,34+,35-,36-,38+,39+,40-,41?,42?/m1/s1. The van der Waals surface area contributed by atoms with Crippen LogP contribution in [0.3, 0.4) is 0 Å². The number of nitrogens with zero attached hydrogens (tertiary/aromatic N) is 1. The van der Waals surface area contributed by atoms with Gasteiger partial charge in [-0.2, -0.15) is 0 Å². The highest BCUT2D eigenvalue weighted by Crippen LogP contribution is 2.65. The van der Waals surface area contributed by atoms with Crippen LogP contribution in [-0.2, 0) is 48.0 Å². The number of ether oxygens (including phenoxy) is 6. The first-order valence-electron chi connectivity index (χ1n) is 21.3. The lowest BCUT2D eigenvalue weighted by Gasteiger charge is -2.64. The number of hydrogen-bond acceptors (Lipinski definition) is 11. The molecular weight excluding hydrogens is 742 g/mol. The summed E-state index contributed by atoms with van der Waals surface area (Å²) in [7, 11) is 0. The molecule has 312 valence electrons. The average Bonchev–Trinajstić information content (AvgIpc) is 3.53. The van der Waals surface area contributed by atoms with Crippen molar-refractivity contribution in [2.24, 2.45) is 52.3 Å². The number of benzene rings is 1. The van der Waals surface area contributed by atoms with Gasteiger partial charge in [0.1, 0.15) is 0 Å². The molecule has 8 saturated heterocycles. The maximum absolute atomic E-state index is 6.80. The second-order valence-corrected chi connectivity index (χ2v) is 19.0. The fraction of sp³-hybridized carbons (Fsp3) is 0.833. The van der Waals surface area contributed by atoms with Gasteiger partial charge in [0, 0.05) is 53.8 Å². The molecule has 16 atom stereocenters. The second-order valence-electron chi connectivity index (χ2n) is 18.6. The third-order valence-corrected chi connectivity index (χ3v) is 15.3. The van der Waals surface area contributed by atoms with Gasteiger partial charge >= 0.3 is 0 Å². The quantitative estimate of drug-likeness (QED) is 0.111. The number of fused-ring (bicyclic) bond motifs is 4. The Kier molecular flexibility index (Phi) is 10.5. The summed E-state index contributed by atoms with van der Waals surface area (Å²) < 4.78 is 39.6. The van der Waals surface area contributed by atoms with E-state index in [2.05, 4.69) is 38.3 Å². The molecule has 1 aromatic rings. The van der Waals surface area contributed by atoms with Crippen LogP contribution < -0.4 is 10.6 Å². The minimum atomic E-state index is -0.998. The average molecular weight is 804 g/mol. The van der Waals surface area contributed by atoms with Gasteiger partial charge in [0.05, 0.1) is 19.8 Å².